The minimum atomic E-state index is -4.42. The molecule has 1 saturated carbocycles. The van der Waals surface area contributed by atoms with Crippen LogP contribution in [0.15, 0.2) is 24.3 Å². The molecular formula is C15H16F3NO4. The largest absolute Gasteiger partial charge is 0.479 e. The van der Waals surface area contributed by atoms with Crippen molar-refractivity contribution < 1.29 is 32.6 Å². The van der Waals surface area contributed by atoms with E-state index >= 15 is 0 Å². The molecule has 2 rings (SSSR count). The minimum absolute atomic E-state index is 0.184. The van der Waals surface area contributed by atoms with Crippen molar-refractivity contribution >= 4 is 11.9 Å². The van der Waals surface area contributed by atoms with Gasteiger partial charge in [0.2, 0.25) is 5.91 Å². The Hall–Kier alpha value is -2.09. The van der Waals surface area contributed by atoms with E-state index in [0.717, 1.165) is 12.1 Å². The van der Waals surface area contributed by atoms with E-state index in [2.05, 4.69) is 10.1 Å². The Morgan fingerprint density at radius 1 is 1.43 bits per heavy atom. The zero-order valence-corrected chi connectivity index (χ0v) is 12.3. The second-order valence-electron chi connectivity index (χ2n) is 5.38. The third kappa shape index (κ3) is 4.22. The molecule has 0 spiro atoms. The lowest BCUT2D eigenvalue weighted by molar-refractivity contribution is -0.148. The number of carbonyl (C=O) groups excluding carboxylic acids is 1. The van der Waals surface area contributed by atoms with Gasteiger partial charge < -0.3 is 15.2 Å². The number of amides is 1. The van der Waals surface area contributed by atoms with E-state index in [1.54, 1.807) is 6.07 Å². The van der Waals surface area contributed by atoms with E-state index in [0.29, 0.717) is 12.0 Å². The van der Waals surface area contributed by atoms with Gasteiger partial charge in [0.1, 0.15) is 0 Å². The highest BCUT2D eigenvalue weighted by Gasteiger charge is 2.44. The Bertz CT molecular complexity index is 603. The number of carboxylic acid groups (broad SMARTS) is 1. The molecule has 23 heavy (non-hydrogen) atoms. The summed E-state index contributed by atoms with van der Waals surface area (Å²) >= 11 is 0. The lowest BCUT2D eigenvalue weighted by Gasteiger charge is -2.11. The molecule has 1 amide bonds. The minimum Gasteiger partial charge on any atom is -0.479 e. The number of benzene rings is 1. The zero-order valence-electron chi connectivity index (χ0n) is 12.3. The van der Waals surface area contributed by atoms with Gasteiger partial charge in [-0.2, -0.15) is 13.2 Å². The van der Waals surface area contributed by atoms with E-state index in [1.807, 2.05) is 0 Å². The summed E-state index contributed by atoms with van der Waals surface area (Å²) in [6.07, 6.45) is -5.13. The van der Waals surface area contributed by atoms with Gasteiger partial charge in [0.05, 0.1) is 12.1 Å². The maximum absolute atomic E-state index is 12.7. The summed E-state index contributed by atoms with van der Waals surface area (Å²) in [6.45, 7) is -0.184. The molecule has 0 heterocycles. The van der Waals surface area contributed by atoms with E-state index in [4.69, 9.17) is 5.11 Å². The van der Waals surface area contributed by atoms with Gasteiger partial charge >= 0.3 is 12.1 Å². The highest BCUT2D eigenvalue weighted by atomic mass is 19.4. The molecule has 8 heteroatoms. The van der Waals surface area contributed by atoms with E-state index in [1.165, 1.54) is 13.2 Å². The van der Waals surface area contributed by atoms with Crippen molar-refractivity contribution in [3.63, 3.8) is 0 Å². The predicted molar refractivity (Wildman–Crippen MR) is 73.7 cm³/mol. The van der Waals surface area contributed by atoms with E-state index in [9.17, 15) is 22.8 Å². The molecule has 1 aromatic carbocycles. The molecule has 1 fully saturated rings. The van der Waals surface area contributed by atoms with Crippen LogP contribution < -0.4 is 5.32 Å². The second kappa shape index (κ2) is 6.57. The number of hydrogen-bond acceptors (Lipinski definition) is 3. The topological polar surface area (TPSA) is 75.6 Å². The number of aliphatic carboxylic acids is 1. The fraction of sp³-hybridized carbons (Fsp3) is 0.467. The monoisotopic (exact) mass is 331 g/mol. The number of alkyl halides is 3. The fourth-order valence-electron chi connectivity index (χ4n) is 2.39. The Labute approximate surface area is 130 Å². The van der Waals surface area contributed by atoms with Crippen LogP contribution in [-0.2, 0) is 20.5 Å². The third-order valence-electron chi connectivity index (χ3n) is 3.79. The Balaban J connectivity index is 1.94. The molecule has 0 radical (unpaired) electrons. The lowest BCUT2D eigenvalue weighted by Crippen LogP contribution is -2.38. The van der Waals surface area contributed by atoms with Crippen molar-refractivity contribution in [2.75, 3.05) is 13.7 Å². The van der Waals surface area contributed by atoms with Gasteiger partial charge in [0.15, 0.2) is 6.10 Å². The molecule has 0 bridgehead atoms. The average molecular weight is 331 g/mol. The summed E-state index contributed by atoms with van der Waals surface area (Å²) in [4.78, 5) is 22.7. The van der Waals surface area contributed by atoms with Crippen LogP contribution in [0, 0.1) is 5.92 Å². The highest BCUT2D eigenvalue weighted by molar-refractivity contribution is 5.83. The number of halogens is 3. The van der Waals surface area contributed by atoms with Crippen molar-refractivity contribution in [1.82, 2.24) is 5.32 Å². The molecule has 0 aliphatic heterocycles. The van der Waals surface area contributed by atoms with Gasteiger partial charge in [-0.3, -0.25) is 4.79 Å². The zero-order chi connectivity index (χ0) is 17.2. The first-order valence-corrected chi connectivity index (χ1v) is 6.94. The van der Waals surface area contributed by atoms with Crippen LogP contribution >= 0.6 is 0 Å². The summed E-state index contributed by atoms with van der Waals surface area (Å²) in [7, 11) is 1.22. The van der Waals surface area contributed by atoms with Gasteiger partial charge in [-0.1, -0.05) is 18.2 Å². The summed E-state index contributed by atoms with van der Waals surface area (Å²) in [5, 5.41) is 11.2. The molecule has 2 N–H and O–H groups in total. The summed E-state index contributed by atoms with van der Waals surface area (Å²) < 4.78 is 42.7. The van der Waals surface area contributed by atoms with Crippen LogP contribution in [0.3, 0.4) is 0 Å². The van der Waals surface area contributed by atoms with Gasteiger partial charge in [-0.15, -0.1) is 0 Å². The third-order valence-corrected chi connectivity index (χ3v) is 3.79. The van der Waals surface area contributed by atoms with Crippen molar-refractivity contribution in [2.45, 2.75) is 24.6 Å². The number of ether oxygens (including phenoxy) is 1. The van der Waals surface area contributed by atoms with E-state index < -0.39 is 29.7 Å². The fourth-order valence-corrected chi connectivity index (χ4v) is 2.39. The maximum atomic E-state index is 12.7. The first kappa shape index (κ1) is 17.3. The van der Waals surface area contributed by atoms with Crippen LogP contribution in [0.25, 0.3) is 0 Å². The van der Waals surface area contributed by atoms with Gasteiger partial charge in [0, 0.05) is 13.0 Å². The molecule has 1 aromatic rings. The Morgan fingerprint density at radius 3 is 2.70 bits per heavy atom. The van der Waals surface area contributed by atoms with Crippen LogP contribution in [0.1, 0.15) is 23.5 Å². The number of hydrogen-bond donors (Lipinski definition) is 2. The average Bonchev–Trinajstić information content (AvgIpc) is 3.27. The van der Waals surface area contributed by atoms with Crippen molar-refractivity contribution in [2.24, 2.45) is 5.92 Å². The Morgan fingerprint density at radius 2 is 2.13 bits per heavy atom. The Kier molecular flexibility index (Phi) is 4.93. The molecule has 0 saturated heterocycles. The van der Waals surface area contributed by atoms with Crippen LogP contribution in [0.5, 0.6) is 0 Å². The SMILES string of the molecule is COC(CNC(=O)C1CC1c1cccc(C(F)(F)F)c1)C(=O)O. The maximum Gasteiger partial charge on any atom is 0.416 e. The molecule has 126 valence electrons. The van der Waals surface area contributed by atoms with Gasteiger partial charge in [-0.25, -0.2) is 4.79 Å². The number of rotatable bonds is 6. The van der Waals surface area contributed by atoms with Crippen molar-refractivity contribution in [3.05, 3.63) is 35.4 Å². The van der Waals surface area contributed by atoms with Crippen LogP contribution in [0.2, 0.25) is 0 Å². The standard InChI is InChI=1S/C15H16F3NO4/c1-23-12(14(21)22)7-19-13(20)11-6-10(11)8-3-2-4-9(5-8)15(16,17)18/h2-5,10-12H,6-7H2,1H3,(H,19,20)(H,21,22). The number of carboxylic acids is 1. The molecule has 1 aliphatic rings. The first-order chi connectivity index (χ1) is 10.7. The van der Waals surface area contributed by atoms with E-state index in [-0.39, 0.29) is 18.4 Å². The van der Waals surface area contributed by atoms with Crippen molar-refractivity contribution in [1.29, 1.82) is 0 Å². The van der Waals surface area contributed by atoms with Gasteiger partial charge in [0.25, 0.3) is 0 Å². The second-order valence-corrected chi connectivity index (χ2v) is 5.38. The first-order valence-electron chi connectivity index (χ1n) is 6.94. The lowest BCUT2D eigenvalue weighted by atomic mass is 10.1. The normalized spacial score (nSPS) is 21.6. The van der Waals surface area contributed by atoms with Crippen molar-refractivity contribution in [3.8, 4) is 0 Å². The molecule has 3 unspecified atom stereocenters. The van der Waals surface area contributed by atoms with Crippen LogP contribution in [0.4, 0.5) is 13.2 Å². The quantitative estimate of drug-likeness (QED) is 0.836. The summed E-state index contributed by atoms with van der Waals surface area (Å²) in [5.41, 5.74) is -0.284. The molecule has 3 atom stereocenters. The number of carbonyl (C=O) groups is 2. The molecule has 1 aliphatic carbocycles. The van der Waals surface area contributed by atoms with Crippen LogP contribution in [-0.4, -0.2) is 36.7 Å². The number of methoxy groups -OCH3 is 1. The molecular weight excluding hydrogens is 315 g/mol. The molecule has 5 nitrogen and oxygen atoms in total. The summed E-state index contributed by atoms with van der Waals surface area (Å²) in [6, 6.07) is 4.91. The van der Waals surface area contributed by atoms with Gasteiger partial charge in [-0.05, 0) is 24.0 Å². The number of nitrogens with one attached hydrogen (secondary N) is 1. The molecule has 0 aromatic heterocycles. The predicted octanol–water partition coefficient (Wildman–Crippen LogP) is 2.02. The summed E-state index contributed by atoms with van der Waals surface area (Å²) in [5.74, 6) is -2.29. The smallest absolute Gasteiger partial charge is 0.416 e. The highest BCUT2D eigenvalue weighted by Crippen LogP contribution is 2.48.